The molecule has 0 atom stereocenters. The van der Waals surface area contributed by atoms with E-state index in [1.165, 1.54) is 35.4 Å². The van der Waals surface area contributed by atoms with Crippen molar-refractivity contribution in [3.05, 3.63) is 59.8 Å². The van der Waals surface area contributed by atoms with Gasteiger partial charge in [-0.15, -0.1) is 11.3 Å². The molecular formula is C20H22N4O2S. The number of carbonyl (C=O) groups is 1. The third-order valence-corrected chi connectivity index (χ3v) is 5.02. The molecule has 1 aliphatic rings. The lowest BCUT2D eigenvalue weighted by Crippen LogP contribution is -2.27. The zero-order valence-corrected chi connectivity index (χ0v) is 15.9. The number of nitrogens with zero attached hydrogens (tertiary/aromatic N) is 3. The molecule has 0 unspecified atom stereocenters. The van der Waals surface area contributed by atoms with Crippen LogP contribution < -0.4 is 5.32 Å². The molecule has 2 heterocycles. The number of carbonyl (C=O) groups excluding carboxylic acids is 1. The Labute approximate surface area is 162 Å². The summed E-state index contributed by atoms with van der Waals surface area (Å²) in [6.07, 6.45) is 12.1. The number of pyridine rings is 1. The van der Waals surface area contributed by atoms with Crippen LogP contribution in [-0.4, -0.2) is 46.9 Å². The highest BCUT2D eigenvalue weighted by atomic mass is 32.1. The first-order valence-electron chi connectivity index (χ1n) is 8.69. The summed E-state index contributed by atoms with van der Waals surface area (Å²) in [5.41, 5.74) is 1.58. The van der Waals surface area contributed by atoms with Crippen LogP contribution in [0.15, 0.2) is 59.9 Å². The number of aliphatic imine (C=N–C) groups is 1. The molecule has 1 fully saturated rings. The number of fused-ring (bicyclic) bond motifs is 1. The molecule has 0 spiro atoms. The number of aliphatic hydroxyl groups is 1. The summed E-state index contributed by atoms with van der Waals surface area (Å²) in [5.74, 6) is -0.211. The first-order chi connectivity index (χ1) is 13.2. The minimum atomic E-state index is -0.211. The van der Waals surface area contributed by atoms with Gasteiger partial charge in [0, 0.05) is 36.1 Å². The predicted octanol–water partition coefficient (Wildman–Crippen LogP) is 3.59. The highest BCUT2D eigenvalue weighted by molar-refractivity contribution is 7.20. The van der Waals surface area contributed by atoms with Crippen molar-refractivity contribution >= 4 is 39.5 Å². The van der Waals surface area contributed by atoms with Gasteiger partial charge in [-0.3, -0.25) is 14.7 Å². The second kappa shape index (κ2) is 8.75. The van der Waals surface area contributed by atoms with E-state index < -0.39 is 0 Å². The third-order valence-electron chi connectivity index (χ3n) is 3.99. The number of allylic oxidation sites excluding steroid dienone is 3. The van der Waals surface area contributed by atoms with Crippen LogP contribution in [0.3, 0.4) is 0 Å². The van der Waals surface area contributed by atoms with Gasteiger partial charge in [-0.25, -0.2) is 4.98 Å². The molecule has 27 heavy (non-hydrogen) atoms. The van der Waals surface area contributed by atoms with Gasteiger partial charge in [0.15, 0.2) is 0 Å². The molecule has 6 nitrogen and oxygen atoms in total. The minimum Gasteiger partial charge on any atom is -0.392 e. The summed E-state index contributed by atoms with van der Waals surface area (Å²) in [6, 6.07) is 4.33. The lowest BCUT2D eigenvalue weighted by Gasteiger charge is -2.17. The number of amides is 1. The molecule has 140 valence electrons. The Hall–Kier alpha value is -2.77. The maximum Gasteiger partial charge on any atom is 0.273 e. The number of aliphatic hydroxyl groups excluding tert-OH is 1. The first-order valence-corrected chi connectivity index (χ1v) is 9.50. The van der Waals surface area contributed by atoms with Crippen molar-refractivity contribution in [2.24, 2.45) is 4.99 Å². The highest BCUT2D eigenvalue weighted by Gasteiger charge is 2.24. The fourth-order valence-corrected chi connectivity index (χ4v) is 3.56. The van der Waals surface area contributed by atoms with E-state index in [0.717, 1.165) is 15.9 Å². The number of anilines is 1. The maximum atomic E-state index is 13.2. The molecule has 0 saturated heterocycles. The smallest absolute Gasteiger partial charge is 0.273 e. The van der Waals surface area contributed by atoms with E-state index in [1.54, 1.807) is 37.5 Å². The largest absolute Gasteiger partial charge is 0.392 e. The zero-order chi connectivity index (χ0) is 19.2. The number of aromatic nitrogens is 1. The molecular weight excluding hydrogens is 360 g/mol. The van der Waals surface area contributed by atoms with Crippen molar-refractivity contribution in [1.29, 1.82) is 0 Å². The third kappa shape index (κ3) is 4.50. The standard InChI is InChI=1S/C20H22N4O2S/c1-3-5-15(6-4-11-25)24(13-21-2)20(26)18-12-16-17(23-14-7-8-14)9-10-22-19(16)27-18/h3-6,9-10,12-14,25H,1,7-8,11H2,2H3,(H,22,23)/b6-4-,15-5+,21-13?. The van der Waals surface area contributed by atoms with Gasteiger partial charge in [-0.2, -0.15) is 0 Å². The molecule has 0 bridgehead atoms. The number of hydrogen-bond donors (Lipinski definition) is 2. The van der Waals surface area contributed by atoms with Crippen molar-refractivity contribution < 1.29 is 9.90 Å². The van der Waals surface area contributed by atoms with Crippen molar-refractivity contribution in [3.8, 4) is 0 Å². The van der Waals surface area contributed by atoms with Crippen LogP contribution in [0, 0.1) is 0 Å². The maximum absolute atomic E-state index is 13.2. The molecule has 7 heteroatoms. The van der Waals surface area contributed by atoms with Crippen LogP contribution in [-0.2, 0) is 0 Å². The summed E-state index contributed by atoms with van der Waals surface area (Å²) in [6.45, 7) is 3.57. The van der Waals surface area contributed by atoms with E-state index >= 15 is 0 Å². The quantitative estimate of drug-likeness (QED) is 0.415. The van der Waals surface area contributed by atoms with Gasteiger partial charge < -0.3 is 10.4 Å². The topological polar surface area (TPSA) is 77.8 Å². The van der Waals surface area contributed by atoms with E-state index in [-0.39, 0.29) is 12.5 Å². The SMILES string of the molecule is C=C/C=C(\C=C/CO)N(C=NC)C(=O)c1cc2c(NC3CC3)ccnc2s1. The molecule has 0 radical (unpaired) electrons. The summed E-state index contributed by atoms with van der Waals surface area (Å²) in [4.78, 5) is 24.4. The van der Waals surface area contributed by atoms with E-state index in [4.69, 9.17) is 5.11 Å². The molecule has 3 rings (SSSR count). The van der Waals surface area contributed by atoms with Gasteiger partial charge in [0.05, 0.1) is 17.8 Å². The number of rotatable bonds is 8. The summed E-state index contributed by atoms with van der Waals surface area (Å²) >= 11 is 1.35. The van der Waals surface area contributed by atoms with Crippen LogP contribution in [0.2, 0.25) is 0 Å². The average molecular weight is 382 g/mol. The van der Waals surface area contributed by atoms with Crippen molar-refractivity contribution in [2.75, 3.05) is 19.0 Å². The van der Waals surface area contributed by atoms with Gasteiger partial charge in [0.2, 0.25) is 0 Å². The Morgan fingerprint density at radius 3 is 3.04 bits per heavy atom. The van der Waals surface area contributed by atoms with E-state index in [2.05, 4.69) is 21.9 Å². The fourth-order valence-electron chi connectivity index (χ4n) is 2.60. The van der Waals surface area contributed by atoms with E-state index in [1.807, 2.05) is 12.1 Å². The van der Waals surface area contributed by atoms with Gasteiger partial charge in [-0.05, 0) is 37.1 Å². The van der Waals surface area contributed by atoms with Crippen molar-refractivity contribution in [3.63, 3.8) is 0 Å². The second-order valence-electron chi connectivity index (χ2n) is 6.07. The first kappa shape index (κ1) is 19.0. The highest BCUT2D eigenvalue weighted by Crippen LogP contribution is 2.33. The predicted molar refractivity (Wildman–Crippen MR) is 111 cm³/mol. The molecule has 1 saturated carbocycles. The molecule has 2 aromatic heterocycles. The molecule has 0 aliphatic heterocycles. The van der Waals surface area contributed by atoms with E-state index in [0.29, 0.717) is 16.6 Å². The summed E-state index contributed by atoms with van der Waals surface area (Å²) < 4.78 is 0. The van der Waals surface area contributed by atoms with Gasteiger partial charge in [0.1, 0.15) is 4.83 Å². The average Bonchev–Trinajstić information content (AvgIpc) is 3.37. The van der Waals surface area contributed by atoms with Crippen LogP contribution in [0.4, 0.5) is 5.69 Å². The number of nitrogens with one attached hydrogen (secondary N) is 1. The zero-order valence-electron chi connectivity index (χ0n) is 15.1. The van der Waals surface area contributed by atoms with Gasteiger partial charge in [0.25, 0.3) is 5.91 Å². The Balaban J connectivity index is 1.97. The van der Waals surface area contributed by atoms with Crippen molar-refractivity contribution in [1.82, 2.24) is 9.88 Å². The molecule has 1 amide bonds. The number of thiophene rings is 1. The number of hydrogen-bond acceptors (Lipinski definition) is 6. The Morgan fingerprint density at radius 2 is 2.37 bits per heavy atom. The summed E-state index contributed by atoms with van der Waals surface area (Å²) in [7, 11) is 1.60. The Bertz CT molecular complexity index is 925. The summed E-state index contributed by atoms with van der Waals surface area (Å²) in [5, 5.41) is 13.5. The van der Waals surface area contributed by atoms with Crippen LogP contribution in [0.1, 0.15) is 22.5 Å². The molecule has 2 N–H and O–H groups in total. The van der Waals surface area contributed by atoms with Crippen LogP contribution >= 0.6 is 11.3 Å². The lowest BCUT2D eigenvalue weighted by molar-refractivity contribution is 0.0889. The second-order valence-corrected chi connectivity index (χ2v) is 7.10. The van der Waals surface area contributed by atoms with Gasteiger partial charge >= 0.3 is 0 Å². The minimum absolute atomic E-state index is 0.122. The lowest BCUT2D eigenvalue weighted by atomic mass is 10.2. The molecule has 1 aliphatic carbocycles. The Kier molecular flexibility index (Phi) is 6.16. The Morgan fingerprint density at radius 1 is 1.56 bits per heavy atom. The monoisotopic (exact) mass is 382 g/mol. The molecule has 2 aromatic rings. The van der Waals surface area contributed by atoms with Crippen molar-refractivity contribution in [2.45, 2.75) is 18.9 Å². The van der Waals surface area contributed by atoms with Gasteiger partial charge in [-0.1, -0.05) is 18.7 Å². The van der Waals surface area contributed by atoms with Crippen LogP contribution in [0.25, 0.3) is 10.2 Å². The molecule has 0 aromatic carbocycles. The normalized spacial score (nSPS) is 15.0. The van der Waals surface area contributed by atoms with Crippen LogP contribution in [0.5, 0.6) is 0 Å². The van der Waals surface area contributed by atoms with E-state index in [9.17, 15) is 4.79 Å². The fraction of sp³-hybridized carbons (Fsp3) is 0.250.